The minimum atomic E-state index is -0.663. The molecule has 0 bridgehead atoms. The molecule has 22 heavy (non-hydrogen) atoms. The lowest BCUT2D eigenvalue weighted by Gasteiger charge is -2.11. The van der Waals surface area contributed by atoms with Gasteiger partial charge in [0.05, 0.1) is 0 Å². The van der Waals surface area contributed by atoms with E-state index in [1.807, 2.05) is 0 Å². The summed E-state index contributed by atoms with van der Waals surface area (Å²) in [5.74, 6) is -1.33. The fraction of sp³-hybridized carbons (Fsp3) is 0.235. The maximum Gasteiger partial charge on any atom is 0.170 e. The Morgan fingerprint density at radius 2 is 1.68 bits per heavy atom. The molecule has 0 aliphatic rings. The number of halogens is 2. The molecule has 0 radical (unpaired) electrons. The van der Waals surface area contributed by atoms with Crippen LogP contribution in [0.25, 0.3) is 0 Å². The van der Waals surface area contributed by atoms with Gasteiger partial charge in [-0.1, -0.05) is 35.9 Å². The van der Waals surface area contributed by atoms with E-state index in [1.165, 1.54) is 29.3 Å². The van der Waals surface area contributed by atoms with E-state index in [0.29, 0.717) is 6.54 Å². The number of nitrogens with one attached hydrogen (secondary N) is 2. The average molecular weight is 320 g/mol. The number of rotatable bonds is 5. The second kappa shape index (κ2) is 7.84. The quantitative estimate of drug-likeness (QED) is 0.638. The summed E-state index contributed by atoms with van der Waals surface area (Å²) in [6, 6.07) is 12.0. The molecule has 0 spiro atoms. The fourth-order valence-electron chi connectivity index (χ4n) is 2.02. The summed E-state index contributed by atoms with van der Waals surface area (Å²) >= 11 is 5.05. The van der Waals surface area contributed by atoms with Crippen LogP contribution in [0.15, 0.2) is 42.5 Å². The largest absolute Gasteiger partial charge is 0.362 e. The lowest BCUT2D eigenvalue weighted by atomic mass is 10.1. The minimum absolute atomic E-state index is 0.216. The molecule has 0 heterocycles. The molecule has 0 unspecified atom stereocenters. The van der Waals surface area contributed by atoms with Crippen LogP contribution < -0.4 is 10.6 Å². The zero-order valence-corrected chi connectivity index (χ0v) is 13.1. The van der Waals surface area contributed by atoms with Crippen molar-refractivity contribution in [3.05, 3.63) is 65.2 Å². The third kappa shape index (κ3) is 4.77. The number of thiocarbonyl (C=S) groups is 1. The van der Waals surface area contributed by atoms with Crippen LogP contribution in [0.2, 0.25) is 0 Å². The van der Waals surface area contributed by atoms with E-state index in [2.05, 4.69) is 41.8 Å². The molecule has 0 saturated carbocycles. The number of aryl methyl sites for hydroxylation is 2. The minimum Gasteiger partial charge on any atom is -0.362 e. The van der Waals surface area contributed by atoms with E-state index < -0.39 is 11.6 Å². The van der Waals surface area contributed by atoms with Crippen LogP contribution in [-0.2, 0) is 6.42 Å². The Bertz CT molecular complexity index is 621. The Kier molecular flexibility index (Phi) is 5.83. The zero-order chi connectivity index (χ0) is 15.9. The second-order valence-electron chi connectivity index (χ2n) is 5.07. The summed E-state index contributed by atoms with van der Waals surface area (Å²) in [4.78, 5) is 0. The van der Waals surface area contributed by atoms with Gasteiger partial charge in [-0.2, -0.15) is 0 Å². The first-order valence-corrected chi connectivity index (χ1v) is 7.51. The van der Waals surface area contributed by atoms with Crippen LogP contribution in [0.4, 0.5) is 14.5 Å². The predicted octanol–water partition coefficient (Wildman–Crippen LogP) is 4.19. The summed E-state index contributed by atoms with van der Waals surface area (Å²) in [5.41, 5.74) is 2.27. The standard InChI is InChI=1S/C17H18F2N2S/c1-12-7-9-13(10-8-12)4-3-11-20-17(22)21-16-14(18)5-2-6-15(16)19/h2,5-10H,3-4,11H2,1H3,(H2,20,21,22). The molecule has 2 aromatic rings. The molecular weight excluding hydrogens is 302 g/mol. The van der Waals surface area contributed by atoms with Gasteiger partial charge in [-0.15, -0.1) is 0 Å². The van der Waals surface area contributed by atoms with Gasteiger partial charge in [0.2, 0.25) is 0 Å². The molecule has 0 aliphatic heterocycles. The fourth-order valence-corrected chi connectivity index (χ4v) is 2.23. The molecule has 0 atom stereocenters. The summed E-state index contributed by atoms with van der Waals surface area (Å²) in [7, 11) is 0. The molecule has 2 nitrogen and oxygen atoms in total. The van der Waals surface area contributed by atoms with Gasteiger partial charge < -0.3 is 10.6 Å². The van der Waals surface area contributed by atoms with Crippen LogP contribution >= 0.6 is 12.2 Å². The van der Waals surface area contributed by atoms with Crippen LogP contribution in [0.1, 0.15) is 17.5 Å². The first-order valence-electron chi connectivity index (χ1n) is 7.10. The highest BCUT2D eigenvalue weighted by Crippen LogP contribution is 2.17. The number of hydrogen-bond acceptors (Lipinski definition) is 1. The molecule has 116 valence electrons. The third-order valence-corrected chi connectivity index (χ3v) is 3.50. The summed E-state index contributed by atoms with van der Waals surface area (Å²) < 4.78 is 26.9. The molecule has 2 aromatic carbocycles. The normalized spacial score (nSPS) is 10.3. The maximum absolute atomic E-state index is 13.5. The highest BCUT2D eigenvalue weighted by molar-refractivity contribution is 7.80. The van der Waals surface area contributed by atoms with Crippen LogP contribution in [0, 0.1) is 18.6 Å². The Balaban J connectivity index is 1.75. The molecular formula is C17H18F2N2S. The van der Waals surface area contributed by atoms with Gasteiger partial charge in [0.25, 0.3) is 0 Å². The SMILES string of the molecule is Cc1ccc(CCCNC(=S)Nc2c(F)cccc2F)cc1. The third-order valence-electron chi connectivity index (χ3n) is 3.25. The first kappa shape index (κ1) is 16.4. The molecule has 2 N–H and O–H groups in total. The topological polar surface area (TPSA) is 24.1 Å². The van der Waals surface area contributed by atoms with Gasteiger partial charge in [-0.25, -0.2) is 8.78 Å². The molecule has 2 rings (SSSR count). The van der Waals surface area contributed by atoms with Crippen molar-refractivity contribution in [3.8, 4) is 0 Å². The van der Waals surface area contributed by atoms with Crippen molar-refractivity contribution in [1.82, 2.24) is 5.32 Å². The Hall–Kier alpha value is -2.01. The summed E-state index contributed by atoms with van der Waals surface area (Å²) in [6.45, 7) is 2.69. The van der Waals surface area contributed by atoms with Crippen molar-refractivity contribution in [2.75, 3.05) is 11.9 Å². The molecule has 0 saturated heterocycles. The molecule has 0 amide bonds. The Morgan fingerprint density at radius 3 is 2.32 bits per heavy atom. The molecule has 0 aliphatic carbocycles. The zero-order valence-electron chi connectivity index (χ0n) is 12.3. The second-order valence-corrected chi connectivity index (χ2v) is 5.47. The average Bonchev–Trinajstić information content (AvgIpc) is 2.49. The van der Waals surface area contributed by atoms with Crippen molar-refractivity contribution < 1.29 is 8.78 Å². The van der Waals surface area contributed by atoms with E-state index >= 15 is 0 Å². The van der Waals surface area contributed by atoms with E-state index in [1.54, 1.807) is 0 Å². The summed E-state index contributed by atoms with van der Waals surface area (Å²) in [5, 5.41) is 5.72. The van der Waals surface area contributed by atoms with Gasteiger partial charge in [-0.3, -0.25) is 0 Å². The maximum atomic E-state index is 13.5. The van der Waals surface area contributed by atoms with Gasteiger partial charge in [0.1, 0.15) is 17.3 Å². The predicted molar refractivity (Wildman–Crippen MR) is 90.1 cm³/mol. The Morgan fingerprint density at radius 1 is 1.05 bits per heavy atom. The number of para-hydroxylation sites is 1. The Labute approximate surface area is 134 Å². The van der Waals surface area contributed by atoms with Crippen molar-refractivity contribution in [1.29, 1.82) is 0 Å². The molecule has 0 fully saturated rings. The first-order chi connectivity index (χ1) is 10.6. The van der Waals surface area contributed by atoms with Gasteiger partial charge in [0.15, 0.2) is 5.11 Å². The smallest absolute Gasteiger partial charge is 0.170 e. The molecule has 0 aromatic heterocycles. The van der Waals surface area contributed by atoms with Gasteiger partial charge in [-0.05, 0) is 49.7 Å². The van der Waals surface area contributed by atoms with Crippen molar-refractivity contribution in [2.24, 2.45) is 0 Å². The van der Waals surface area contributed by atoms with E-state index in [-0.39, 0.29) is 10.8 Å². The van der Waals surface area contributed by atoms with E-state index in [4.69, 9.17) is 12.2 Å². The van der Waals surface area contributed by atoms with Crippen LogP contribution in [0.5, 0.6) is 0 Å². The van der Waals surface area contributed by atoms with Crippen molar-refractivity contribution >= 4 is 23.0 Å². The van der Waals surface area contributed by atoms with Crippen molar-refractivity contribution in [2.45, 2.75) is 19.8 Å². The molecule has 5 heteroatoms. The van der Waals surface area contributed by atoms with Crippen LogP contribution in [-0.4, -0.2) is 11.7 Å². The highest BCUT2D eigenvalue weighted by Gasteiger charge is 2.09. The van der Waals surface area contributed by atoms with Crippen LogP contribution in [0.3, 0.4) is 0 Å². The number of hydrogen-bond donors (Lipinski definition) is 2. The lowest BCUT2D eigenvalue weighted by Crippen LogP contribution is -2.30. The van der Waals surface area contributed by atoms with E-state index in [0.717, 1.165) is 12.8 Å². The number of benzene rings is 2. The summed E-state index contributed by atoms with van der Waals surface area (Å²) in [6.07, 6.45) is 1.80. The monoisotopic (exact) mass is 320 g/mol. The highest BCUT2D eigenvalue weighted by atomic mass is 32.1. The number of anilines is 1. The van der Waals surface area contributed by atoms with Gasteiger partial charge in [0, 0.05) is 6.54 Å². The lowest BCUT2D eigenvalue weighted by molar-refractivity contribution is 0.591. The van der Waals surface area contributed by atoms with Crippen molar-refractivity contribution in [3.63, 3.8) is 0 Å². The van der Waals surface area contributed by atoms with Gasteiger partial charge >= 0.3 is 0 Å². The van der Waals surface area contributed by atoms with E-state index in [9.17, 15) is 8.78 Å².